The average Bonchev–Trinajstić information content (AvgIpc) is 2.84. The highest BCUT2D eigenvalue weighted by Gasteiger charge is 2.22. The molecule has 2 rings (SSSR count). The fraction of sp³-hybridized carbons (Fsp3) is 0.545. The van der Waals surface area contributed by atoms with E-state index >= 15 is 0 Å². The van der Waals surface area contributed by atoms with Crippen LogP contribution in [0, 0.1) is 3.57 Å². The van der Waals surface area contributed by atoms with Crippen LogP contribution in [0.4, 0.5) is 0 Å². The van der Waals surface area contributed by atoms with Crippen molar-refractivity contribution >= 4 is 28.6 Å². The number of rotatable bonds is 2. The van der Waals surface area contributed by atoms with Crippen molar-refractivity contribution < 1.29 is 9.53 Å². The summed E-state index contributed by atoms with van der Waals surface area (Å²) in [6.07, 6.45) is 6.92. The molecule has 0 amide bonds. The highest BCUT2D eigenvalue weighted by Crippen LogP contribution is 2.31. The van der Waals surface area contributed by atoms with Crippen LogP contribution in [0.15, 0.2) is 12.3 Å². The number of nitrogens with zero attached hydrogens (tertiary/aromatic N) is 1. The van der Waals surface area contributed by atoms with Gasteiger partial charge in [-0.15, -0.1) is 0 Å². The second kappa shape index (κ2) is 4.55. The largest absolute Gasteiger partial charge is 0.464 e. The number of halogens is 1. The monoisotopic (exact) mass is 319 g/mol. The molecule has 0 aromatic carbocycles. The number of hydrogen-bond acceptors (Lipinski definition) is 2. The first-order valence-corrected chi connectivity index (χ1v) is 6.26. The van der Waals surface area contributed by atoms with Gasteiger partial charge >= 0.3 is 5.97 Å². The Morgan fingerprint density at radius 3 is 2.80 bits per heavy atom. The van der Waals surface area contributed by atoms with Crippen molar-refractivity contribution in [3.8, 4) is 0 Å². The van der Waals surface area contributed by atoms with Crippen molar-refractivity contribution in [2.75, 3.05) is 7.11 Å². The number of carbonyl (C=O) groups is 1. The van der Waals surface area contributed by atoms with Gasteiger partial charge in [-0.1, -0.05) is 12.8 Å². The van der Waals surface area contributed by atoms with Gasteiger partial charge in [-0.3, -0.25) is 0 Å². The topological polar surface area (TPSA) is 31.2 Å². The van der Waals surface area contributed by atoms with Gasteiger partial charge < -0.3 is 9.30 Å². The number of hydrogen-bond donors (Lipinski definition) is 0. The third-order valence-corrected chi connectivity index (χ3v) is 3.52. The average molecular weight is 319 g/mol. The predicted octanol–water partition coefficient (Wildman–Crippen LogP) is 2.99. The zero-order valence-electron chi connectivity index (χ0n) is 8.70. The molecule has 0 bridgehead atoms. The van der Waals surface area contributed by atoms with Crippen molar-refractivity contribution in [1.82, 2.24) is 4.57 Å². The smallest absolute Gasteiger partial charge is 0.354 e. The summed E-state index contributed by atoms with van der Waals surface area (Å²) in [4.78, 5) is 11.6. The SMILES string of the molecule is COC(=O)c1cc(I)cn1C1CCCC1. The second-order valence-corrected chi connectivity index (χ2v) is 5.13. The molecule has 82 valence electrons. The maximum atomic E-state index is 11.6. The summed E-state index contributed by atoms with van der Waals surface area (Å²) in [5.41, 5.74) is 0.689. The Bertz CT molecular complexity index is 367. The van der Waals surface area contributed by atoms with Gasteiger partial charge in [-0.25, -0.2) is 4.79 Å². The Balaban J connectivity index is 2.32. The first-order chi connectivity index (χ1) is 7.22. The number of esters is 1. The van der Waals surface area contributed by atoms with Crippen molar-refractivity contribution in [2.45, 2.75) is 31.7 Å². The van der Waals surface area contributed by atoms with Crippen LogP contribution in [-0.4, -0.2) is 17.6 Å². The highest BCUT2D eigenvalue weighted by molar-refractivity contribution is 14.1. The van der Waals surface area contributed by atoms with Crippen LogP contribution in [0.25, 0.3) is 0 Å². The molecule has 0 saturated heterocycles. The van der Waals surface area contributed by atoms with E-state index in [-0.39, 0.29) is 5.97 Å². The summed E-state index contributed by atoms with van der Waals surface area (Å²) in [6.45, 7) is 0. The Morgan fingerprint density at radius 1 is 1.53 bits per heavy atom. The molecule has 0 aliphatic heterocycles. The van der Waals surface area contributed by atoms with Gasteiger partial charge in [0.2, 0.25) is 0 Å². The second-order valence-electron chi connectivity index (χ2n) is 3.88. The molecule has 0 spiro atoms. The molecule has 0 radical (unpaired) electrons. The lowest BCUT2D eigenvalue weighted by Crippen LogP contribution is -2.13. The van der Waals surface area contributed by atoms with Gasteiger partial charge in [-0.05, 0) is 41.5 Å². The number of ether oxygens (including phenoxy) is 1. The zero-order valence-corrected chi connectivity index (χ0v) is 10.9. The lowest BCUT2D eigenvalue weighted by Gasteiger charge is -2.14. The minimum Gasteiger partial charge on any atom is -0.464 e. The molecular weight excluding hydrogens is 305 g/mol. The highest BCUT2D eigenvalue weighted by atomic mass is 127. The molecule has 3 nitrogen and oxygen atoms in total. The molecule has 1 aliphatic rings. The van der Waals surface area contributed by atoms with Crippen molar-refractivity contribution in [3.05, 3.63) is 21.5 Å². The molecular formula is C11H14INO2. The lowest BCUT2D eigenvalue weighted by atomic mass is 10.2. The van der Waals surface area contributed by atoms with Gasteiger partial charge in [0.05, 0.1) is 7.11 Å². The molecule has 0 atom stereocenters. The fourth-order valence-corrected chi connectivity index (χ4v) is 2.79. The van der Waals surface area contributed by atoms with E-state index in [4.69, 9.17) is 4.74 Å². The Kier molecular flexibility index (Phi) is 3.33. The molecule has 1 fully saturated rings. The summed E-state index contributed by atoms with van der Waals surface area (Å²) in [7, 11) is 1.43. The van der Waals surface area contributed by atoms with Gasteiger partial charge in [-0.2, -0.15) is 0 Å². The van der Waals surface area contributed by atoms with Crippen LogP contribution in [0.2, 0.25) is 0 Å². The summed E-state index contributed by atoms with van der Waals surface area (Å²) >= 11 is 2.23. The van der Waals surface area contributed by atoms with E-state index in [9.17, 15) is 4.79 Å². The first kappa shape index (κ1) is 11.0. The molecule has 15 heavy (non-hydrogen) atoms. The third kappa shape index (κ3) is 2.19. The van der Waals surface area contributed by atoms with Crippen LogP contribution in [0.3, 0.4) is 0 Å². The van der Waals surface area contributed by atoms with Crippen LogP contribution >= 0.6 is 22.6 Å². The Hall–Kier alpha value is -0.520. The number of methoxy groups -OCH3 is 1. The summed E-state index contributed by atoms with van der Waals surface area (Å²) < 4.78 is 7.97. The maximum absolute atomic E-state index is 11.6. The van der Waals surface area contributed by atoms with Crippen LogP contribution < -0.4 is 0 Å². The molecule has 1 aromatic heterocycles. The molecule has 0 N–H and O–H groups in total. The minimum atomic E-state index is -0.232. The fourth-order valence-electron chi connectivity index (χ4n) is 2.20. The quantitative estimate of drug-likeness (QED) is 0.620. The molecule has 1 heterocycles. The normalized spacial score (nSPS) is 16.9. The van der Waals surface area contributed by atoms with Gasteiger partial charge in [0.25, 0.3) is 0 Å². The van der Waals surface area contributed by atoms with E-state index in [0.29, 0.717) is 11.7 Å². The maximum Gasteiger partial charge on any atom is 0.354 e. The van der Waals surface area contributed by atoms with E-state index in [2.05, 4.69) is 27.2 Å². The zero-order chi connectivity index (χ0) is 10.8. The van der Waals surface area contributed by atoms with Gasteiger partial charge in [0, 0.05) is 15.8 Å². The van der Waals surface area contributed by atoms with Crippen LogP contribution in [-0.2, 0) is 4.74 Å². The van der Waals surface area contributed by atoms with Crippen molar-refractivity contribution in [3.63, 3.8) is 0 Å². The van der Waals surface area contributed by atoms with E-state index in [1.807, 2.05) is 12.3 Å². The van der Waals surface area contributed by atoms with E-state index in [0.717, 1.165) is 3.57 Å². The standard InChI is InChI=1S/C11H14INO2/c1-15-11(14)10-6-8(12)7-13(10)9-4-2-3-5-9/h6-7,9H,2-5H2,1H3. The molecule has 1 aliphatic carbocycles. The molecule has 4 heteroatoms. The molecule has 1 aromatic rings. The summed E-state index contributed by atoms with van der Waals surface area (Å²) in [5.74, 6) is -0.232. The van der Waals surface area contributed by atoms with Crippen LogP contribution in [0.5, 0.6) is 0 Å². The Morgan fingerprint density at radius 2 is 2.20 bits per heavy atom. The first-order valence-electron chi connectivity index (χ1n) is 5.18. The predicted molar refractivity (Wildman–Crippen MR) is 66.0 cm³/mol. The van der Waals surface area contributed by atoms with E-state index in [1.54, 1.807) is 0 Å². The van der Waals surface area contributed by atoms with Gasteiger partial charge in [0.15, 0.2) is 0 Å². The number of carbonyl (C=O) groups excluding carboxylic acids is 1. The summed E-state index contributed by atoms with van der Waals surface area (Å²) in [6, 6.07) is 2.38. The molecule has 1 saturated carbocycles. The third-order valence-electron chi connectivity index (χ3n) is 2.93. The van der Waals surface area contributed by atoms with Crippen molar-refractivity contribution in [2.24, 2.45) is 0 Å². The van der Waals surface area contributed by atoms with Crippen molar-refractivity contribution in [1.29, 1.82) is 0 Å². The summed E-state index contributed by atoms with van der Waals surface area (Å²) in [5, 5.41) is 0. The van der Waals surface area contributed by atoms with E-state index in [1.165, 1.54) is 32.8 Å². The molecule has 0 unspecified atom stereocenters. The number of aromatic nitrogens is 1. The van der Waals surface area contributed by atoms with E-state index < -0.39 is 0 Å². The lowest BCUT2D eigenvalue weighted by molar-refractivity contribution is 0.0586. The van der Waals surface area contributed by atoms with Gasteiger partial charge in [0.1, 0.15) is 5.69 Å². The van der Waals surface area contributed by atoms with Crippen LogP contribution in [0.1, 0.15) is 42.2 Å². The Labute approximate surface area is 103 Å². The minimum absolute atomic E-state index is 0.232.